The summed E-state index contributed by atoms with van der Waals surface area (Å²) in [5.74, 6) is 0.858. The van der Waals surface area contributed by atoms with Crippen LogP contribution in [0.4, 0.5) is 0 Å². The molecule has 94 valence electrons. The van der Waals surface area contributed by atoms with Crippen molar-refractivity contribution < 1.29 is 9.59 Å². The van der Waals surface area contributed by atoms with Gasteiger partial charge in [0.1, 0.15) is 5.54 Å². The molecule has 2 unspecified atom stereocenters. The minimum Gasteiger partial charge on any atom is -0.342 e. The Morgan fingerprint density at radius 1 is 1.29 bits per heavy atom. The Balaban J connectivity index is 1.87. The number of nitrogens with one attached hydrogen (secondary N) is 1. The van der Waals surface area contributed by atoms with Gasteiger partial charge in [-0.15, -0.1) is 0 Å². The molecule has 0 aromatic carbocycles. The summed E-state index contributed by atoms with van der Waals surface area (Å²) in [6.45, 7) is 2.79. The van der Waals surface area contributed by atoms with Gasteiger partial charge in [-0.25, -0.2) is 0 Å². The van der Waals surface area contributed by atoms with Gasteiger partial charge in [0.25, 0.3) is 0 Å². The second-order valence-corrected chi connectivity index (χ2v) is 5.87. The van der Waals surface area contributed by atoms with E-state index < -0.39 is 5.54 Å². The molecule has 2 atom stereocenters. The van der Waals surface area contributed by atoms with Crippen LogP contribution in [0, 0.1) is 5.92 Å². The van der Waals surface area contributed by atoms with Gasteiger partial charge >= 0.3 is 0 Å². The fourth-order valence-corrected chi connectivity index (χ4v) is 3.35. The van der Waals surface area contributed by atoms with Crippen LogP contribution in [0.15, 0.2) is 0 Å². The summed E-state index contributed by atoms with van der Waals surface area (Å²) >= 11 is 0. The molecule has 3 rings (SSSR count). The predicted molar refractivity (Wildman–Crippen MR) is 63.2 cm³/mol. The molecule has 3 aliphatic rings. The first-order valence-corrected chi connectivity index (χ1v) is 6.74. The van der Waals surface area contributed by atoms with Gasteiger partial charge in [0.15, 0.2) is 0 Å². The zero-order valence-electron chi connectivity index (χ0n) is 10.4. The fourth-order valence-electron chi connectivity index (χ4n) is 3.35. The third-order valence-electron chi connectivity index (χ3n) is 4.55. The largest absolute Gasteiger partial charge is 0.342 e. The Kier molecular flexibility index (Phi) is 2.42. The van der Waals surface area contributed by atoms with Crippen molar-refractivity contribution in [3.8, 4) is 0 Å². The molecule has 2 aliphatic carbocycles. The number of hydrogen-bond acceptors (Lipinski definition) is 2. The highest BCUT2D eigenvalue weighted by atomic mass is 16.2. The number of rotatable bonds is 1. The zero-order valence-corrected chi connectivity index (χ0v) is 10.4. The van der Waals surface area contributed by atoms with Gasteiger partial charge in [0.2, 0.25) is 11.8 Å². The van der Waals surface area contributed by atoms with Crippen LogP contribution in [0.25, 0.3) is 0 Å². The quantitative estimate of drug-likeness (QED) is 0.740. The predicted octanol–water partition coefficient (Wildman–Crippen LogP) is 1.06. The summed E-state index contributed by atoms with van der Waals surface area (Å²) < 4.78 is 0. The Hall–Kier alpha value is -1.06. The standard InChI is InChI=1S/C13H20N2O2/c1-9-8-10(9)15-7-4-11(16)14-13(12(15)17)5-2-3-6-13/h9-10H,2-8H2,1H3,(H,14,16). The molecule has 4 nitrogen and oxygen atoms in total. The Morgan fingerprint density at radius 3 is 2.53 bits per heavy atom. The SMILES string of the molecule is CC1CC1N1CCC(=O)NC2(CCCC2)C1=O. The lowest BCUT2D eigenvalue weighted by molar-refractivity contribution is -0.139. The van der Waals surface area contributed by atoms with Crippen LogP contribution >= 0.6 is 0 Å². The topological polar surface area (TPSA) is 49.4 Å². The number of nitrogens with zero attached hydrogens (tertiary/aromatic N) is 1. The maximum absolute atomic E-state index is 12.7. The molecule has 1 spiro atoms. The second kappa shape index (κ2) is 3.72. The minimum atomic E-state index is -0.546. The average molecular weight is 236 g/mol. The summed E-state index contributed by atoms with van der Waals surface area (Å²) in [6, 6.07) is 0.396. The van der Waals surface area contributed by atoms with E-state index in [-0.39, 0.29) is 11.8 Å². The van der Waals surface area contributed by atoms with Crippen molar-refractivity contribution in [2.75, 3.05) is 6.54 Å². The van der Waals surface area contributed by atoms with Crippen molar-refractivity contribution in [1.82, 2.24) is 10.2 Å². The third-order valence-corrected chi connectivity index (χ3v) is 4.55. The van der Waals surface area contributed by atoms with Crippen LogP contribution in [0.3, 0.4) is 0 Å². The fraction of sp³-hybridized carbons (Fsp3) is 0.846. The van der Waals surface area contributed by atoms with E-state index in [1.807, 2.05) is 4.90 Å². The molecule has 1 saturated heterocycles. The van der Waals surface area contributed by atoms with Crippen molar-refractivity contribution in [2.45, 2.75) is 57.0 Å². The lowest BCUT2D eigenvalue weighted by Gasteiger charge is -2.32. The van der Waals surface area contributed by atoms with Crippen LogP contribution < -0.4 is 5.32 Å². The van der Waals surface area contributed by atoms with Crippen LogP contribution in [-0.2, 0) is 9.59 Å². The van der Waals surface area contributed by atoms with Crippen molar-refractivity contribution in [3.05, 3.63) is 0 Å². The van der Waals surface area contributed by atoms with Crippen molar-refractivity contribution in [3.63, 3.8) is 0 Å². The van der Waals surface area contributed by atoms with Crippen LogP contribution in [0.5, 0.6) is 0 Å². The molecule has 0 aromatic heterocycles. The van der Waals surface area contributed by atoms with Crippen LogP contribution in [0.2, 0.25) is 0 Å². The lowest BCUT2D eigenvalue weighted by atomic mass is 9.96. The molecule has 0 radical (unpaired) electrons. The first-order chi connectivity index (χ1) is 8.12. The number of carbonyl (C=O) groups is 2. The summed E-state index contributed by atoms with van der Waals surface area (Å²) in [5, 5.41) is 3.00. The number of carbonyl (C=O) groups excluding carboxylic acids is 2. The van der Waals surface area contributed by atoms with Crippen molar-refractivity contribution >= 4 is 11.8 Å². The molecule has 0 aromatic rings. The number of hydrogen-bond donors (Lipinski definition) is 1. The summed E-state index contributed by atoms with van der Waals surface area (Å²) in [4.78, 5) is 26.4. The van der Waals surface area contributed by atoms with E-state index in [4.69, 9.17) is 0 Å². The third kappa shape index (κ3) is 1.74. The molecule has 17 heavy (non-hydrogen) atoms. The molecule has 2 amide bonds. The molecular formula is C13H20N2O2. The highest BCUT2D eigenvalue weighted by Gasteiger charge is 2.51. The minimum absolute atomic E-state index is 0.0519. The Labute approximate surface area is 102 Å². The molecular weight excluding hydrogens is 216 g/mol. The van der Waals surface area contributed by atoms with Crippen molar-refractivity contribution in [2.24, 2.45) is 5.92 Å². The summed E-state index contributed by atoms with van der Waals surface area (Å²) in [5.41, 5.74) is -0.546. The van der Waals surface area contributed by atoms with E-state index >= 15 is 0 Å². The monoisotopic (exact) mass is 236 g/mol. The van der Waals surface area contributed by atoms with Gasteiger partial charge in [-0.05, 0) is 25.2 Å². The van der Waals surface area contributed by atoms with Crippen molar-refractivity contribution in [1.29, 1.82) is 0 Å². The van der Waals surface area contributed by atoms with E-state index in [9.17, 15) is 9.59 Å². The van der Waals surface area contributed by atoms with Crippen LogP contribution in [0.1, 0.15) is 45.4 Å². The normalized spacial score (nSPS) is 35.9. The smallest absolute Gasteiger partial charge is 0.248 e. The van der Waals surface area contributed by atoms with E-state index in [1.165, 1.54) is 0 Å². The molecule has 3 fully saturated rings. The van der Waals surface area contributed by atoms with E-state index in [1.54, 1.807) is 0 Å². The first kappa shape index (κ1) is 11.1. The summed E-state index contributed by atoms with van der Waals surface area (Å²) in [7, 11) is 0. The van der Waals surface area contributed by atoms with Gasteiger partial charge in [-0.1, -0.05) is 19.8 Å². The highest BCUT2D eigenvalue weighted by molar-refractivity contribution is 5.94. The van der Waals surface area contributed by atoms with Gasteiger partial charge < -0.3 is 10.2 Å². The highest BCUT2D eigenvalue weighted by Crippen LogP contribution is 2.40. The van der Waals surface area contributed by atoms with Gasteiger partial charge in [0, 0.05) is 19.0 Å². The first-order valence-electron chi connectivity index (χ1n) is 6.74. The van der Waals surface area contributed by atoms with Gasteiger partial charge in [-0.2, -0.15) is 0 Å². The summed E-state index contributed by atoms with van der Waals surface area (Å²) in [6.07, 6.45) is 5.34. The molecule has 4 heteroatoms. The zero-order chi connectivity index (χ0) is 12.0. The Morgan fingerprint density at radius 2 is 1.94 bits per heavy atom. The Bertz CT molecular complexity index is 360. The lowest BCUT2D eigenvalue weighted by Crippen LogP contribution is -2.55. The molecule has 0 bridgehead atoms. The maximum atomic E-state index is 12.7. The second-order valence-electron chi connectivity index (χ2n) is 5.87. The molecule has 1 N–H and O–H groups in total. The molecule has 2 saturated carbocycles. The number of amides is 2. The van der Waals surface area contributed by atoms with Crippen LogP contribution in [-0.4, -0.2) is 34.8 Å². The van der Waals surface area contributed by atoms with E-state index in [0.717, 1.165) is 32.1 Å². The van der Waals surface area contributed by atoms with Gasteiger partial charge in [0.05, 0.1) is 0 Å². The maximum Gasteiger partial charge on any atom is 0.248 e. The van der Waals surface area contributed by atoms with E-state index in [2.05, 4.69) is 12.2 Å². The molecule has 1 heterocycles. The average Bonchev–Trinajstić information content (AvgIpc) is 2.85. The van der Waals surface area contributed by atoms with Gasteiger partial charge in [-0.3, -0.25) is 9.59 Å². The van der Waals surface area contributed by atoms with E-state index in [0.29, 0.717) is 24.9 Å². The molecule has 1 aliphatic heterocycles.